The van der Waals surface area contributed by atoms with Crippen LogP contribution in [0, 0.1) is 0 Å². The molecule has 2 rings (SSSR count). The van der Waals surface area contributed by atoms with Crippen LogP contribution in [0.3, 0.4) is 0 Å². The molecule has 1 amide bonds. The molecule has 6 nitrogen and oxygen atoms in total. The highest BCUT2D eigenvalue weighted by Gasteiger charge is 2.10. The predicted molar refractivity (Wildman–Crippen MR) is 80.2 cm³/mol. The van der Waals surface area contributed by atoms with Gasteiger partial charge in [0.1, 0.15) is 5.75 Å². The summed E-state index contributed by atoms with van der Waals surface area (Å²) in [6.07, 6.45) is 1.62. The molecule has 0 unspecified atom stereocenters. The first-order valence-corrected chi connectivity index (χ1v) is 7.20. The maximum absolute atomic E-state index is 11.4. The van der Waals surface area contributed by atoms with Crippen LogP contribution in [-0.2, 0) is 4.79 Å². The van der Waals surface area contributed by atoms with E-state index in [1.807, 2.05) is 24.3 Å². The van der Waals surface area contributed by atoms with Crippen LogP contribution >= 0.6 is 11.8 Å². The zero-order chi connectivity index (χ0) is 15.1. The lowest BCUT2D eigenvalue weighted by Crippen LogP contribution is -2.24. The molecule has 110 valence electrons. The van der Waals surface area contributed by atoms with Gasteiger partial charge in [-0.25, -0.2) is 0 Å². The Hall–Kier alpha value is -2.28. The minimum Gasteiger partial charge on any atom is -0.497 e. The molecule has 0 saturated carbocycles. The highest BCUT2D eigenvalue weighted by atomic mass is 32.2. The van der Waals surface area contributed by atoms with Gasteiger partial charge in [0, 0.05) is 12.1 Å². The van der Waals surface area contributed by atoms with E-state index >= 15 is 0 Å². The van der Waals surface area contributed by atoms with E-state index in [1.54, 1.807) is 13.2 Å². The second-order valence-corrected chi connectivity index (χ2v) is 4.91. The average Bonchev–Trinajstić information content (AvgIpc) is 3.00. The quantitative estimate of drug-likeness (QED) is 0.624. The third-order valence-corrected chi connectivity index (χ3v) is 3.33. The number of rotatable bonds is 7. The van der Waals surface area contributed by atoms with Crippen LogP contribution in [-0.4, -0.2) is 35.5 Å². The van der Waals surface area contributed by atoms with Gasteiger partial charge >= 0.3 is 0 Å². The lowest BCUT2D eigenvalue weighted by molar-refractivity contribution is -0.118. The van der Waals surface area contributed by atoms with Crippen LogP contribution in [0.5, 0.6) is 5.75 Å². The Balaban J connectivity index is 1.94. The standard InChI is InChI=1S/C14H15N3O3S/c1-3-8-15-12(18)9-21-14-17-16-13(20-14)10-4-6-11(19-2)7-5-10/h3-7H,1,8-9H2,2H3,(H,15,18). The Kier molecular flexibility index (Phi) is 5.39. The molecule has 2 aromatic rings. The van der Waals surface area contributed by atoms with E-state index in [2.05, 4.69) is 22.1 Å². The summed E-state index contributed by atoms with van der Waals surface area (Å²) in [4.78, 5) is 11.4. The van der Waals surface area contributed by atoms with Gasteiger partial charge in [-0.1, -0.05) is 17.8 Å². The Morgan fingerprint density at radius 3 is 2.86 bits per heavy atom. The number of benzene rings is 1. The fraction of sp³-hybridized carbons (Fsp3) is 0.214. The minimum absolute atomic E-state index is 0.107. The molecule has 1 aromatic heterocycles. The van der Waals surface area contributed by atoms with Crippen molar-refractivity contribution in [3.8, 4) is 17.2 Å². The van der Waals surface area contributed by atoms with Gasteiger partial charge in [-0.3, -0.25) is 4.79 Å². The van der Waals surface area contributed by atoms with Gasteiger partial charge in [-0.05, 0) is 24.3 Å². The van der Waals surface area contributed by atoms with Gasteiger partial charge in [0.2, 0.25) is 11.8 Å². The third kappa shape index (κ3) is 4.35. The van der Waals surface area contributed by atoms with Crippen molar-refractivity contribution in [1.82, 2.24) is 15.5 Å². The molecule has 0 aliphatic rings. The van der Waals surface area contributed by atoms with Gasteiger partial charge in [0.25, 0.3) is 5.22 Å². The molecule has 0 bridgehead atoms. The van der Waals surface area contributed by atoms with Crippen molar-refractivity contribution in [1.29, 1.82) is 0 Å². The van der Waals surface area contributed by atoms with Crippen LogP contribution in [0.4, 0.5) is 0 Å². The summed E-state index contributed by atoms with van der Waals surface area (Å²) < 4.78 is 10.6. The molecule has 7 heteroatoms. The van der Waals surface area contributed by atoms with Crippen molar-refractivity contribution in [3.05, 3.63) is 36.9 Å². The maximum atomic E-state index is 11.4. The number of thioether (sulfide) groups is 1. The van der Waals surface area contributed by atoms with Crippen molar-refractivity contribution in [2.75, 3.05) is 19.4 Å². The van der Waals surface area contributed by atoms with Gasteiger partial charge in [0.15, 0.2) is 0 Å². The normalized spacial score (nSPS) is 10.1. The second kappa shape index (κ2) is 7.49. The number of aromatic nitrogens is 2. The fourth-order valence-electron chi connectivity index (χ4n) is 1.48. The van der Waals surface area contributed by atoms with Crippen molar-refractivity contribution in [3.63, 3.8) is 0 Å². The largest absolute Gasteiger partial charge is 0.497 e. The topological polar surface area (TPSA) is 77.2 Å². The highest BCUT2D eigenvalue weighted by Crippen LogP contribution is 2.24. The summed E-state index contributed by atoms with van der Waals surface area (Å²) >= 11 is 1.19. The number of amides is 1. The maximum Gasteiger partial charge on any atom is 0.277 e. The van der Waals surface area contributed by atoms with Gasteiger partial charge in [-0.15, -0.1) is 16.8 Å². The highest BCUT2D eigenvalue weighted by molar-refractivity contribution is 7.99. The van der Waals surface area contributed by atoms with E-state index in [-0.39, 0.29) is 11.7 Å². The summed E-state index contributed by atoms with van der Waals surface area (Å²) in [5, 5.41) is 10.9. The van der Waals surface area contributed by atoms with Crippen LogP contribution in [0.2, 0.25) is 0 Å². The Bertz CT molecular complexity index is 610. The van der Waals surface area contributed by atoms with Crippen LogP contribution in [0.1, 0.15) is 0 Å². The molecule has 0 radical (unpaired) electrons. The number of hydrogen-bond donors (Lipinski definition) is 1. The Morgan fingerprint density at radius 2 is 2.19 bits per heavy atom. The second-order valence-electron chi connectivity index (χ2n) is 3.98. The average molecular weight is 305 g/mol. The number of ether oxygens (including phenoxy) is 1. The molecular formula is C14H15N3O3S. The predicted octanol–water partition coefficient (Wildman–Crippen LogP) is 2.14. The number of carbonyl (C=O) groups excluding carboxylic acids is 1. The zero-order valence-corrected chi connectivity index (χ0v) is 12.4. The lowest BCUT2D eigenvalue weighted by Gasteiger charge is -1.99. The van der Waals surface area contributed by atoms with E-state index in [0.29, 0.717) is 17.7 Å². The van der Waals surface area contributed by atoms with Crippen LogP contribution < -0.4 is 10.1 Å². The molecule has 1 aromatic carbocycles. The van der Waals surface area contributed by atoms with E-state index in [0.717, 1.165) is 11.3 Å². The van der Waals surface area contributed by atoms with E-state index in [1.165, 1.54) is 11.8 Å². The lowest BCUT2D eigenvalue weighted by atomic mass is 10.2. The van der Waals surface area contributed by atoms with Crippen LogP contribution in [0.15, 0.2) is 46.6 Å². The fourth-order valence-corrected chi connectivity index (χ4v) is 2.08. The number of carbonyl (C=O) groups is 1. The van der Waals surface area contributed by atoms with Crippen molar-refractivity contribution >= 4 is 17.7 Å². The Labute approximate surface area is 126 Å². The molecule has 21 heavy (non-hydrogen) atoms. The van der Waals surface area contributed by atoms with Crippen molar-refractivity contribution in [2.45, 2.75) is 5.22 Å². The molecule has 0 saturated heterocycles. The molecule has 0 aliphatic carbocycles. The molecule has 0 spiro atoms. The molecular weight excluding hydrogens is 290 g/mol. The summed E-state index contributed by atoms with van der Waals surface area (Å²) in [5.74, 6) is 1.28. The number of nitrogens with one attached hydrogen (secondary N) is 1. The van der Waals surface area contributed by atoms with Crippen molar-refractivity contribution < 1.29 is 13.9 Å². The molecule has 0 fully saturated rings. The first-order valence-electron chi connectivity index (χ1n) is 6.21. The van der Waals surface area contributed by atoms with E-state index in [4.69, 9.17) is 9.15 Å². The van der Waals surface area contributed by atoms with E-state index < -0.39 is 0 Å². The Morgan fingerprint density at radius 1 is 1.43 bits per heavy atom. The summed E-state index contributed by atoms with van der Waals surface area (Å²) in [6.45, 7) is 3.97. The monoisotopic (exact) mass is 305 g/mol. The number of hydrogen-bond acceptors (Lipinski definition) is 6. The van der Waals surface area contributed by atoms with E-state index in [9.17, 15) is 4.79 Å². The van der Waals surface area contributed by atoms with Crippen LogP contribution in [0.25, 0.3) is 11.5 Å². The number of methoxy groups -OCH3 is 1. The smallest absolute Gasteiger partial charge is 0.277 e. The first-order chi connectivity index (χ1) is 10.2. The zero-order valence-electron chi connectivity index (χ0n) is 11.5. The molecule has 0 atom stereocenters. The first kappa shape index (κ1) is 15.1. The molecule has 0 aliphatic heterocycles. The SMILES string of the molecule is C=CCNC(=O)CSc1nnc(-c2ccc(OC)cc2)o1. The minimum atomic E-state index is -0.107. The van der Waals surface area contributed by atoms with Gasteiger partial charge in [0.05, 0.1) is 12.9 Å². The summed E-state index contributed by atoms with van der Waals surface area (Å²) in [5.41, 5.74) is 0.797. The summed E-state index contributed by atoms with van der Waals surface area (Å²) in [6, 6.07) is 7.29. The molecule has 1 heterocycles. The summed E-state index contributed by atoms with van der Waals surface area (Å²) in [7, 11) is 1.61. The van der Waals surface area contributed by atoms with Gasteiger partial charge < -0.3 is 14.5 Å². The van der Waals surface area contributed by atoms with Crippen molar-refractivity contribution in [2.24, 2.45) is 0 Å². The molecule has 1 N–H and O–H groups in total. The number of nitrogens with zero attached hydrogens (tertiary/aromatic N) is 2. The third-order valence-electron chi connectivity index (χ3n) is 2.51. The van der Waals surface area contributed by atoms with Gasteiger partial charge in [-0.2, -0.15) is 0 Å².